The van der Waals surface area contributed by atoms with E-state index in [1.54, 1.807) is 42.5 Å². The molecule has 10 heteroatoms. The second-order valence-electron chi connectivity index (χ2n) is 8.21. The smallest absolute Gasteiger partial charge is 0.335 e. The van der Waals surface area contributed by atoms with Gasteiger partial charge in [-0.2, -0.15) is 0 Å². The lowest BCUT2D eigenvalue weighted by Gasteiger charge is -2.27. The number of carbonyl (C=O) groups is 3. The number of amides is 4. The molecule has 182 valence electrons. The average Bonchev–Trinajstić information content (AvgIpc) is 2.80. The fraction of sp³-hybridized carbons (Fsp3) is 0.115. The number of aryl methyl sites for hydroxylation is 2. The molecule has 1 saturated heterocycles. The third kappa shape index (κ3) is 5.33. The van der Waals surface area contributed by atoms with E-state index in [0.717, 1.165) is 21.6 Å². The van der Waals surface area contributed by atoms with Crippen LogP contribution in [0.5, 0.6) is 5.75 Å². The number of nitro benzene ring substituents is 1. The molecule has 0 saturated carbocycles. The number of barbiturate groups is 1. The molecule has 1 fully saturated rings. The Morgan fingerprint density at radius 1 is 1.00 bits per heavy atom. The van der Waals surface area contributed by atoms with Gasteiger partial charge in [-0.05, 0) is 94.5 Å². The summed E-state index contributed by atoms with van der Waals surface area (Å²) in [6.45, 7) is 3.89. The van der Waals surface area contributed by atoms with E-state index in [2.05, 4.69) is 21.2 Å². The van der Waals surface area contributed by atoms with Gasteiger partial charge >= 0.3 is 6.03 Å². The Morgan fingerprint density at radius 2 is 1.67 bits per heavy atom. The van der Waals surface area contributed by atoms with Crippen LogP contribution in [-0.2, 0) is 16.2 Å². The van der Waals surface area contributed by atoms with Gasteiger partial charge in [0.25, 0.3) is 17.5 Å². The highest BCUT2D eigenvalue weighted by atomic mass is 79.9. The molecule has 3 aromatic carbocycles. The van der Waals surface area contributed by atoms with Gasteiger partial charge in [0.15, 0.2) is 0 Å². The summed E-state index contributed by atoms with van der Waals surface area (Å²) in [6, 6.07) is 15.6. The molecule has 0 atom stereocenters. The lowest BCUT2D eigenvalue weighted by atomic mass is 10.1. The molecule has 0 aromatic heterocycles. The van der Waals surface area contributed by atoms with Gasteiger partial charge in [0, 0.05) is 12.1 Å². The van der Waals surface area contributed by atoms with E-state index in [1.807, 2.05) is 19.9 Å². The summed E-state index contributed by atoms with van der Waals surface area (Å²) in [5.74, 6) is -0.995. The molecule has 1 N–H and O–H groups in total. The van der Waals surface area contributed by atoms with Crippen molar-refractivity contribution in [1.82, 2.24) is 5.32 Å². The lowest BCUT2D eigenvalue weighted by molar-refractivity contribution is -0.384. The fourth-order valence-corrected chi connectivity index (χ4v) is 4.25. The van der Waals surface area contributed by atoms with Crippen LogP contribution in [0.15, 0.2) is 70.7 Å². The van der Waals surface area contributed by atoms with Gasteiger partial charge in [0.1, 0.15) is 17.9 Å². The summed E-state index contributed by atoms with van der Waals surface area (Å²) in [4.78, 5) is 49.4. The first-order chi connectivity index (χ1) is 17.1. The molecule has 0 aliphatic carbocycles. The molecule has 1 heterocycles. The quantitative estimate of drug-likeness (QED) is 0.195. The molecule has 9 nitrogen and oxygen atoms in total. The van der Waals surface area contributed by atoms with Gasteiger partial charge in [-0.25, -0.2) is 9.69 Å². The average molecular weight is 550 g/mol. The highest BCUT2D eigenvalue weighted by Crippen LogP contribution is 2.29. The number of imide groups is 2. The molecule has 0 spiro atoms. The third-order valence-electron chi connectivity index (χ3n) is 5.37. The standard InChI is InChI=1S/C26H20BrN3O6/c1-15-9-16(2)11-20(10-15)29-25(32)21(24(31)28-26(29)33)12-18-5-8-23(22(27)13-18)36-14-17-3-6-19(7-4-17)30(34)35/h3-13H,14H2,1-2H3,(H,28,31,33)/b21-12+. The first-order valence-electron chi connectivity index (χ1n) is 10.8. The SMILES string of the molecule is Cc1cc(C)cc(N2C(=O)NC(=O)/C(=C\c3ccc(OCc4ccc([N+](=O)[O-])cc4)c(Br)c3)C2=O)c1. The van der Waals surface area contributed by atoms with Gasteiger partial charge in [-0.15, -0.1) is 0 Å². The minimum absolute atomic E-state index is 0.00332. The van der Waals surface area contributed by atoms with Gasteiger partial charge in [-0.1, -0.05) is 12.1 Å². The Bertz CT molecular complexity index is 1410. The Labute approximate surface area is 214 Å². The highest BCUT2D eigenvalue weighted by Gasteiger charge is 2.37. The summed E-state index contributed by atoms with van der Waals surface area (Å²) >= 11 is 3.43. The first kappa shape index (κ1) is 24.8. The van der Waals surface area contributed by atoms with Crippen LogP contribution >= 0.6 is 15.9 Å². The Balaban J connectivity index is 1.54. The number of rotatable bonds is 6. The van der Waals surface area contributed by atoms with Gasteiger partial charge in [0.05, 0.1) is 15.1 Å². The van der Waals surface area contributed by atoms with Crippen molar-refractivity contribution in [3.63, 3.8) is 0 Å². The monoisotopic (exact) mass is 549 g/mol. The van der Waals surface area contributed by atoms with E-state index >= 15 is 0 Å². The third-order valence-corrected chi connectivity index (χ3v) is 5.99. The molecule has 0 radical (unpaired) electrons. The number of nitro groups is 1. The van der Waals surface area contributed by atoms with E-state index in [1.165, 1.54) is 18.2 Å². The first-order valence-corrected chi connectivity index (χ1v) is 11.6. The predicted molar refractivity (Wildman–Crippen MR) is 136 cm³/mol. The molecule has 0 bridgehead atoms. The van der Waals surface area contributed by atoms with E-state index in [-0.39, 0.29) is 17.9 Å². The number of anilines is 1. The maximum absolute atomic E-state index is 13.1. The Morgan fingerprint density at radius 3 is 2.28 bits per heavy atom. The highest BCUT2D eigenvalue weighted by molar-refractivity contribution is 9.10. The number of urea groups is 1. The van der Waals surface area contributed by atoms with Crippen LogP contribution in [0.25, 0.3) is 6.08 Å². The van der Waals surface area contributed by atoms with E-state index in [4.69, 9.17) is 4.74 Å². The van der Waals surface area contributed by atoms with Gasteiger partial charge in [-0.3, -0.25) is 25.0 Å². The second kappa shape index (κ2) is 10.1. The zero-order valence-corrected chi connectivity index (χ0v) is 20.9. The number of nitrogens with one attached hydrogen (secondary N) is 1. The Kier molecular flexibility index (Phi) is 6.98. The van der Waals surface area contributed by atoms with Crippen molar-refractivity contribution >= 4 is 51.2 Å². The molecule has 4 rings (SSSR count). The second-order valence-corrected chi connectivity index (χ2v) is 9.06. The number of carbonyl (C=O) groups excluding carboxylic acids is 3. The van der Waals surface area contributed by atoms with Gasteiger partial charge < -0.3 is 4.74 Å². The predicted octanol–water partition coefficient (Wildman–Crippen LogP) is 5.22. The van der Waals surface area contributed by atoms with E-state index in [0.29, 0.717) is 21.5 Å². The summed E-state index contributed by atoms with van der Waals surface area (Å²) in [6.07, 6.45) is 1.41. The minimum atomic E-state index is -0.802. The normalized spacial score (nSPS) is 14.7. The van der Waals surface area contributed by atoms with Crippen LogP contribution in [0.1, 0.15) is 22.3 Å². The molecular formula is C26H20BrN3O6. The number of hydrogen-bond acceptors (Lipinski definition) is 6. The van der Waals surface area contributed by atoms with Crippen LogP contribution in [0, 0.1) is 24.0 Å². The fourth-order valence-electron chi connectivity index (χ4n) is 3.74. The topological polar surface area (TPSA) is 119 Å². The summed E-state index contributed by atoms with van der Waals surface area (Å²) in [7, 11) is 0. The zero-order chi connectivity index (χ0) is 26.0. The van der Waals surface area contributed by atoms with Crippen LogP contribution < -0.4 is 15.0 Å². The molecular weight excluding hydrogens is 530 g/mol. The number of non-ortho nitro benzene ring substituents is 1. The summed E-state index contributed by atoms with van der Waals surface area (Å²) in [5.41, 5.74) is 3.24. The minimum Gasteiger partial charge on any atom is -0.488 e. The molecule has 1 aliphatic rings. The van der Waals surface area contributed by atoms with Crippen LogP contribution in [0.4, 0.5) is 16.2 Å². The number of halogens is 1. The van der Waals surface area contributed by atoms with Crippen molar-refractivity contribution in [3.05, 3.63) is 103 Å². The van der Waals surface area contributed by atoms with Crippen molar-refractivity contribution in [2.24, 2.45) is 0 Å². The number of nitrogens with zero attached hydrogens (tertiary/aromatic N) is 2. The van der Waals surface area contributed by atoms with Crippen LogP contribution in [0.2, 0.25) is 0 Å². The molecule has 4 amide bonds. The maximum Gasteiger partial charge on any atom is 0.335 e. The molecule has 3 aromatic rings. The summed E-state index contributed by atoms with van der Waals surface area (Å²) < 4.78 is 6.36. The van der Waals surface area contributed by atoms with Crippen LogP contribution in [-0.4, -0.2) is 22.8 Å². The van der Waals surface area contributed by atoms with Crippen molar-refractivity contribution < 1.29 is 24.0 Å². The number of ether oxygens (including phenoxy) is 1. The molecule has 1 aliphatic heterocycles. The molecule has 36 heavy (non-hydrogen) atoms. The zero-order valence-electron chi connectivity index (χ0n) is 19.3. The van der Waals surface area contributed by atoms with E-state index < -0.39 is 22.8 Å². The van der Waals surface area contributed by atoms with Crippen molar-refractivity contribution in [3.8, 4) is 5.75 Å². The van der Waals surface area contributed by atoms with E-state index in [9.17, 15) is 24.5 Å². The lowest BCUT2D eigenvalue weighted by Crippen LogP contribution is -2.54. The van der Waals surface area contributed by atoms with Crippen molar-refractivity contribution in [2.75, 3.05) is 4.90 Å². The Hall–Kier alpha value is -4.31. The van der Waals surface area contributed by atoms with Crippen molar-refractivity contribution in [2.45, 2.75) is 20.5 Å². The van der Waals surface area contributed by atoms with Gasteiger partial charge in [0.2, 0.25) is 0 Å². The largest absolute Gasteiger partial charge is 0.488 e. The van der Waals surface area contributed by atoms with Crippen molar-refractivity contribution in [1.29, 1.82) is 0 Å². The maximum atomic E-state index is 13.1. The molecule has 0 unspecified atom stereocenters. The number of hydrogen-bond donors (Lipinski definition) is 1. The summed E-state index contributed by atoms with van der Waals surface area (Å²) in [5, 5.41) is 13.0. The van der Waals surface area contributed by atoms with Crippen LogP contribution in [0.3, 0.4) is 0 Å². The number of benzene rings is 3.